The summed E-state index contributed by atoms with van der Waals surface area (Å²) in [6, 6.07) is 2.41. The van der Waals surface area contributed by atoms with Crippen LogP contribution in [-0.2, 0) is 19.1 Å². The molecule has 41 heavy (non-hydrogen) atoms. The van der Waals surface area contributed by atoms with E-state index < -0.39 is 24.2 Å². The van der Waals surface area contributed by atoms with Crippen molar-refractivity contribution in [3.05, 3.63) is 32.9 Å². The van der Waals surface area contributed by atoms with Crippen molar-refractivity contribution in [3.63, 3.8) is 0 Å². The van der Waals surface area contributed by atoms with Crippen LogP contribution in [0.3, 0.4) is 0 Å². The van der Waals surface area contributed by atoms with Crippen LogP contribution in [0.5, 0.6) is 11.5 Å². The molecule has 2 amide bonds. The summed E-state index contributed by atoms with van der Waals surface area (Å²) in [6.07, 6.45) is 0.777. The van der Waals surface area contributed by atoms with Crippen molar-refractivity contribution in [1.82, 2.24) is 15.1 Å². The number of halogens is 1. The van der Waals surface area contributed by atoms with Crippen LogP contribution < -0.4 is 14.8 Å². The fourth-order valence-corrected chi connectivity index (χ4v) is 6.07. The Hall–Kier alpha value is -2.30. The molecule has 13 heteroatoms. The summed E-state index contributed by atoms with van der Waals surface area (Å²) in [4.78, 5) is 42.2. The molecule has 2 saturated heterocycles. The number of hydrogen-bond acceptors (Lipinski definition) is 10. The molecule has 2 heterocycles. The Morgan fingerprint density at radius 3 is 2.68 bits per heavy atom. The van der Waals surface area contributed by atoms with E-state index in [0.717, 1.165) is 13.1 Å². The molecule has 4 rings (SSSR count). The first-order valence-electron chi connectivity index (χ1n) is 13.8. The first-order chi connectivity index (χ1) is 19.9. The summed E-state index contributed by atoms with van der Waals surface area (Å²) in [5.41, 5.74) is 0.739. The number of ether oxygens (including phenoxy) is 4. The number of aliphatic hydroxyl groups is 2. The number of aldehydes is 1. The van der Waals surface area contributed by atoms with Crippen LogP contribution in [0, 0.1) is 9.49 Å². The van der Waals surface area contributed by atoms with Gasteiger partial charge in [0.1, 0.15) is 18.5 Å². The highest BCUT2D eigenvalue weighted by Gasteiger charge is 2.42. The van der Waals surface area contributed by atoms with Crippen molar-refractivity contribution in [2.45, 2.75) is 31.1 Å². The Morgan fingerprint density at radius 1 is 1.24 bits per heavy atom. The lowest BCUT2D eigenvalue weighted by atomic mass is 9.87. The number of carbonyl (C=O) groups is 3. The molecule has 226 valence electrons. The van der Waals surface area contributed by atoms with E-state index in [2.05, 4.69) is 10.2 Å². The number of rotatable bonds is 12. The van der Waals surface area contributed by atoms with Gasteiger partial charge in [0.2, 0.25) is 11.8 Å². The number of morpholine rings is 1. The Kier molecular flexibility index (Phi) is 11.8. The minimum atomic E-state index is -1.17. The predicted octanol–water partition coefficient (Wildman–Crippen LogP) is 0.225. The second kappa shape index (κ2) is 15.3. The second-order valence-electron chi connectivity index (χ2n) is 10.2. The first kappa shape index (κ1) is 31.6. The zero-order chi connectivity index (χ0) is 29.4. The van der Waals surface area contributed by atoms with E-state index in [-0.39, 0.29) is 31.4 Å². The van der Waals surface area contributed by atoms with Gasteiger partial charge < -0.3 is 39.4 Å². The minimum absolute atomic E-state index is 0.0624. The minimum Gasteiger partial charge on any atom is -0.493 e. The highest BCUT2D eigenvalue weighted by Crippen LogP contribution is 2.37. The van der Waals surface area contributed by atoms with Gasteiger partial charge >= 0.3 is 0 Å². The van der Waals surface area contributed by atoms with Gasteiger partial charge in [-0.3, -0.25) is 19.3 Å². The van der Waals surface area contributed by atoms with E-state index >= 15 is 0 Å². The molecule has 1 unspecified atom stereocenters. The van der Waals surface area contributed by atoms with Crippen LogP contribution in [0.15, 0.2) is 23.8 Å². The maximum Gasteiger partial charge on any atom is 0.247 e. The maximum atomic E-state index is 13.8. The molecule has 1 aromatic rings. The van der Waals surface area contributed by atoms with E-state index in [9.17, 15) is 24.6 Å². The van der Waals surface area contributed by atoms with E-state index in [1.54, 1.807) is 17.0 Å². The summed E-state index contributed by atoms with van der Waals surface area (Å²) >= 11 is 2.02. The van der Waals surface area contributed by atoms with Crippen LogP contribution in [0.1, 0.15) is 23.2 Å². The molecule has 4 atom stereocenters. The number of nitrogens with zero attached hydrogens (tertiary/aromatic N) is 2. The van der Waals surface area contributed by atoms with Crippen LogP contribution in [0.25, 0.3) is 0 Å². The van der Waals surface area contributed by atoms with Gasteiger partial charge in [-0.2, -0.15) is 0 Å². The third kappa shape index (κ3) is 7.96. The van der Waals surface area contributed by atoms with E-state index in [1.165, 1.54) is 13.2 Å². The fraction of sp³-hybridized carbons (Fsp3) is 0.607. The van der Waals surface area contributed by atoms with Crippen molar-refractivity contribution >= 4 is 40.7 Å². The van der Waals surface area contributed by atoms with Crippen molar-refractivity contribution in [1.29, 1.82) is 0 Å². The molecule has 0 aromatic heterocycles. The van der Waals surface area contributed by atoms with E-state index in [4.69, 9.17) is 18.9 Å². The Balaban J connectivity index is 1.66. The molecular formula is C28H38IN3O9. The standard InChI is InChI=1S/C28H38IN3O9/c1-38-24-13-18(16-34)12-21(29)26(24)41-23-15-20(27(36)30-3-8-33)14-22(25(23)35)32(28(37)19-2-9-40-17-19)5-4-31-6-10-39-11-7-31/h12-13,15-16,19,22-23,25,33,35H,2-11,14,17H2,1H3,(H,30,36)/t19?,22-,23+,25+/m1/s1. The number of benzene rings is 1. The summed E-state index contributed by atoms with van der Waals surface area (Å²) in [5.74, 6) is -0.257. The molecule has 0 radical (unpaired) electrons. The summed E-state index contributed by atoms with van der Waals surface area (Å²) < 4.78 is 23.3. The summed E-state index contributed by atoms with van der Waals surface area (Å²) in [5, 5.41) is 23.6. The molecule has 0 bridgehead atoms. The van der Waals surface area contributed by atoms with Crippen molar-refractivity contribution in [3.8, 4) is 11.5 Å². The molecule has 0 saturated carbocycles. The van der Waals surface area contributed by atoms with Gasteiger partial charge in [-0.15, -0.1) is 0 Å². The average molecular weight is 688 g/mol. The van der Waals surface area contributed by atoms with Crippen LogP contribution in [-0.4, -0.2) is 129 Å². The lowest BCUT2D eigenvalue weighted by molar-refractivity contribution is -0.143. The predicted molar refractivity (Wildman–Crippen MR) is 156 cm³/mol. The van der Waals surface area contributed by atoms with Gasteiger partial charge in [-0.1, -0.05) is 0 Å². The van der Waals surface area contributed by atoms with Crippen molar-refractivity contribution < 1.29 is 43.5 Å². The number of hydrogen-bond donors (Lipinski definition) is 3. The first-order valence-corrected chi connectivity index (χ1v) is 14.9. The van der Waals surface area contributed by atoms with Gasteiger partial charge in [0, 0.05) is 56.9 Å². The Labute approximate surface area is 253 Å². The molecule has 3 aliphatic rings. The fourth-order valence-electron chi connectivity index (χ4n) is 5.32. The molecule has 1 aromatic carbocycles. The molecule has 2 aliphatic heterocycles. The zero-order valence-corrected chi connectivity index (χ0v) is 25.3. The third-order valence-electron chi connectivity index (χ3n) is 7.58. The normalized spacial score (nSPS) is 24.8. The smallest absolute Gasteiger partial charge is 0.247 e. The van der Waals surface area contributed by atoms with E-state index in [1.807, 2.05) is 22.6 Å². The summed E-state index contributed by atoms with van der Waals surface area (Å²) in [6.45, 7) is 4.32. The quantitative estimate of drug-likeness (QED) is 0.206. The monoisotopic (exact) mass is 687 g/mol. The number of aliphatic hydroxyl groups excluding tert-OH is 2. The van der Waals surface area contributed by atoms with Gasteiger partial charge in [0.05, 0.1) is 49.1 Å². The zero-order valence-electron chi connectivity index (χ0n) is 23.1. The second-order valence-corrected chi connectivity index (χ2v) is 11.4. The van der Waals surface area contributed by atoms with Crippen LogP contribution in [0.4, 0.5) is 0 Å². The van der Waals surface area contributed by atoms with Gasteiger partial charge in [0.15, 0.2) is 11.5 Å². The SMILES string of the molecule is COc1cc(C=O)cc(I)c1O[C@H]1C=C(C(=O)NCCO)C[C@@H](N(CCN2CCOCC2)C(=O)C2CCOC2)[C@@H]1O. The third-order valence-corrected chi connectivity index (χ3v) is 8.38. The van der Waals surface area contributed by atoms with Gasteiger partial charge in [-0.25, -0.2) is 0 Å². The van der Waals surface area contributed by atoms with Crippen molar-refractivity contribution in [2.75, 3.05) is 72.9 Å². The maximum absolute atomic E-state index is 13.8. The molecule has 12 nitrogen and oxygen atoms in total. The largest absolute Gasteiger partial charge is 0.493 e. The Bertz CT molecular complexity index is 1110. The number of amides is 2. The van der Waals surface area contributed by atoms with Gasteiger partial charge in [-0.05, 0) is 47.2 Å². The molecular weight excluding hydrogens is 649 g/mol. The molecule has 1 aliphatic carbocycles. The summed E-state index contributed by atoms with van der Waals surface area (Å²) in [7, 11) is 1.45. The lowest BCUT2D eigenvalue weighted by Crippen LogP contribution is -2.57. The number of nitrogens with one attached hydrogen (secondary N) is 1. The highest BCUT2D eigenvalue weighted by molar-refractivity contribution is 14.1. The van der Waals surface area contributed by atoms with Crippen LogP contribution >= 0.6 is 22.6 Å². The van der Waals surface area contributed by atoms with E-state index in [0.29, 0.717) is 78.4 Å². The van der Waals surface area contributed by atoms with Crippen LogP contribution in [0.2, 0.25) is 0 Å². The number of methoxy groups -OCH3 is 1. The van der Waals surface area contributed by atoms with Gasteiger partial charge in [0.25, 0.3) is 0 Å². The highest BCUT2D eigenvalue weighted by atomic mass is 127. The average Bonchev–Trinajstić information content (AvgIpc) is 3.54. The van der Waals surface area contributed by atoms with Crippen molar-refractivity contribution in [2.24, 2.45) is 5.92 Å². The molecule has 0 spiro atoms. The lowest BCUT2D eigenvalue weighted by Gasteiger charge is -2.42. The number of carbonyl (C=O) groups excluding carboxylic acids is 3. The molecule has 3 N–H and O–H groups in total. The topological polar surface area (TPSA) is 147 Å². The molecule has 2 fully saturated rings. The Morgan fingerprint density at radius 2 is 2.02 bits per heavy atom.